The molecule has 3 atom stereocenters. The molecule has 2 aromatic heterocycles. The van der Waals surface area contributed by atoms with Gasteiger partial charge in [-0.15, -0.1) is 0 Å². The second-order valence-corrected chi connectivity index (χ2v) is 8.88. The van der Waals surface area contributed by atoms with Gasteiger partial charge in [0, 0.05) is 38.3 Å². The Morgan fingerprint density at radius 3 is 2.71 bits per heavy atom. The van der Waals surface area contributed by atoms with Gasteiger partial charge in [-0.25, -0.2) is 19.0 Å². The Morgan fingerprint density at radius 2 is 1.97 bits per heavy atom. The number of hydrogen-bond donors (Lipinski definition) is 0. The van der Waals surface area contributed by atoms with Gasteiger partial charge in [0.1, 0.15) is 12.1 Å². The molecule has 0 N–H and O–H groups in total. The zero-order valence-electron chi connectivity index (χ0n) is 17.5. The maximum Gasteiger partial charge on any atom is 0.320 e. The predicted molar refractivity (Wildman–Crippen MR) is 115 cm³/mol. The zero-order valence-corrected chi connectivity index (χ0v) is 18.3. The molecular weight excluding hydrogens is 419 g/mol. The molecule has 9 heteroatoms. The molecular formula is C22H24ClFN6O. The summed E-state index contributed by atoms with van der Waals surface area (Å²) in [5.41, 5.74) is 0.987. The summed E-state index contributed by atoms with van der Waals surface area (Å²) in [5, 5.41) is 4.55. The Balaban J connectivity index is 1.29. The monoisotopic (exact) mass is 442 g/mol. The summed E-state index contributed by atoms with van der Waals surface area (Å²) in [5.74, 6) is 2.87. The summed E-state index contributed by atoms with van der Waals surface area (Å²) >= 11 is 5.85. The normalized spacial score (nSPS) is 22.7. The molecule has 2 bridgehead atoms. The average Bonchev–Trinajstić information content (AvgIpc) is 3.19. The summed E-state index contributed by atoms with van der Waals surface area (Å²) in [6.07, 6.45) is 4.85. The van der Waals surface area contributed by atoms with Crippen LogP contribution < -0.4 is 9.64 Å². The van der Waals surface area contributed by atoms with E-state index in [-0.39, 0.29) is 16.8 Å². The molecule has 1 saturated heterocycles. The van der Waals surface area contributed by atoms with Crippen LogP contribution >= 0.6 is 11.6 Å². The number of aromatic nitrogens is 5. The lowest BCUT2D eigenvalue weighted by molar-refractivity contribution is 0.264. The van der Waals surface area contributed by atoms with Crippen LogP contribution in [-0.4, -0.2) is 37.8 Å². The number of nitrogens with zero attached hydrogens (tertiary/aromatic N) is 6. The van der Waals surface area contributed by atoms with Crippen molar-refractivity contribution in [2.45, 2.75) is 26.2 Å². The van der Waals surface area contributed by atoms with Crippen molar-refractivity contribution in [2.24, 2.45) is 24.8 Å². The van der Waals surface area contributed by atoms with Crippen LogP contribution in [0.5, 0.6) is 11.8 Å². The molecule has 1 saturated carbocycles. The van der Waals surface area contributed by atoms with Gasteiger partial charge in [-0.2, -0.15) is 10.1 Å². The highest BCUT2D eigenvalue weighted by Crippen LogP contribution is 2.44. The van der Waals surface area contributed by atoms with Crippen LogP contribution in [0.15, 0.2) is 30.6 Å². The number of halogens is 2. The first-order chi connectivity index (χ1) is 15.0. The summed E-state index contributed by atoms with van der Waals surface area (Å²) in [6.45, 7) is 3.97. The number of ether oxygens (including phenoxy) is 1. The summed E-state index contributed by atoms with van der Waals surface area (Å²) in [6, 6.07) is 6.97. The first-order valence-electron chi connectivity index (χ1n) is 10.5. The second-order valence-electron chi connectivity index (χ2n) is 8.48. The Kier molecular flexibility index (Phi) is 5.25. The number of anilines is 1. The van der Waals surface area contributed by atoms with Crippen molar-refractivity contribution >= 4 is 17.4 Å². The third-order valence-corrected chi connectivity index (χ3v) is 6.74. The number of fused-ring (bicyclic) bond motifs is 2. The minimum Gasteiger partial charge on any atom is -0.421 e. The third-order valence-electron chi connectivity index (χ3n) is 6.45. The molecule has 0 spiro atoms. The van der Waals surface area contributed by atoms with E-state index < -0.39 is 5.82 Å². The van der Waals surface area contributed by atoms with Crippen molar-refractivity contribution < 1.29 is 9.13 Å². The molecule has 7 nitrogen and oxygen atoms in total. The highest BCUT2D eigenvalue weighted by atomic mass is 35.5. The number of piperidine rings is 1. The maximum atomic E-state index is 14.2. The van der Waals surface area contributed by atoms with Gasteiger partial charge in [-0.05, 0) is 49.7 Å². The van der Waals surface area contributed by atoms with Gasteiger partial charge >= 0.3 is 6.01 Å². The fraction of sp³-hybridized carbons (Fsp3) is 0.455. The van der Waals surface area contributed by atoms with E-state index in [2.05, 4.69) is 31.0 Å². The van der Waals surface area contributed by atoms with Crippen LogP contribution in [0.25, 0.3) is 0 Å². The van der Waals surface area contributed by atoms with Gasteiger partial charge in [0.15, 0.2) is 17.4 Å². The van der Waals surface area contributed by atoms with Gasteiger partial charge in [0.25, 0.3) is 0 Å². The molecule has 5 rings (SSSR count). The quantitative estimate of drug-likeness (QED) is 0.589. The van der Waals surface area contributed by atoms with Crippen molar-refractivity contribution in [3.8, 4) is 11.8 Å². The minimum absolute atomic E-state index is 0.0158. The highest BCUT2D eigenvalue weighted by Gasteiger charge is 2.42. The van der Waals surface area contributed by atoms with Crippen LogP contribution in [-0.2, 0) is 13.5 Å². The van der Waals surface area contributed by atoms with Crippen LogP contribution in [0.3, 0.4) is 0 Å². The van der Waals surface area contributed by atoms with E-state index >= 15 is 0 Å². The lowest BCUT2D eigenvalue weighted by Crippen LogP contribution is -2.43. The number of rotatable bonds is 5. The van der Waals surface area contributed by atoms with E-state index in [1.165, 1.54) is 25.0 Å². The van der Waals surface area contributed by atoms with Crippen LogP contribution in [0, 0.1) is 30.5 Å². The van der Waals surface area contributed by atoms with Gasteiger partial charge in [0.2, 0.25) is 0 Å². The zero-order chi connectivity index (χ0) is 21.5. The summed E-state index contributed by atoms with van der Waals surface area (Å²) < 4.78 is 21.4. The van der Waals surface area contributed by atoms with Crippen molar-refractivity contribution in [1.82, 2.24) is 24.7 Å². The molecule has 1 unspecified atom stereocenters. The Labute approximate surface area is 185 Å². The first kappa shape index (κ1) is 20.2. The molecule has 3 aromatic rings. The van der Waals surface area contributed by atoms with Crippen molar-refractivity contribution in [2.75, 3.05) is 18.0 Å². The minimum atomic E-state index is -0.598. The maximum absolute atomic E-state index is 14.2. The molecule has 2 fully saturated rings. The van der Waals surface area contributed by atoms with Crippen LogP contribution in [0.4, 0.5) is 10.2 Å². The van der Waals surface area contributed by atoms with E-state index in [9.17, 15) is 4.39 Å². The van der Waals surface area contributed by atoms with Crippen molar-refractivity contribution in [1.29, 1.82) is 0 Å². The molecule has 1 aromatic carbocycles. The fourth-order valence-electron chi connectivity index (χ4n) is 4.94. The van der Waals surface area contributed by atoms with Gasteiger partial charge in [0.05, 0.1) is 5.02 Å². The van der Waals surface area contributed by atoms with Crippen molar-refractivity contribution in [3.63, 3.8) is 0 Å². The molecule has 3 heterocycles. The van der Waals surface area contributed by atoms with E-state index in [1.807, 2.05) is 6.92 Å². The van der Waals surface area contributed by atoms with E-state index in [4.69, 9.17) is 16.3 Å². The fourth-order valence-corrected chi connectivity index (χ4v) is 5.10. The number of benzene rings is 1. The van der Waals surface area contributed by atoms with Crippen molar-refractivity contribution in [3.05, 3.63) is 53.0 Å². The molecule has 162 valence electrons. The largest absolute Gasteiger partial charge is 0.421 e. The molecule has 0 radical (unpaired) electrons. The van der Waals surface area contributed by atoms with Crippen LogP contribution in [0.2, 0.25) is 5.02 Å². The van der Waals surface area contributed by atoms with Gasteiger partial charge in [-0.3, -0.25) is 0 Å². The Hall–Kier alpha value is -2.74. The molecule has 1 aliphatic heterocycles. The molecule has 2 aliphatic rings. The predicted octanol–water partition coefficient (Wildman–Crippen LogP) is 4.20. The molecule has 31 heavy (non-hydrogen) atoms. The third kappa shape index (κ3) is 3.96. The smallest absolute Gasteiger partial charge is 0.320 e. The lowest BCUT2D eigenvalue weighted by atomic mass is 9.82. The van der Waals surface area contributed by atoms with E-state index in [0.29, 0.717) is 17.8 Å². The van der Waals surface area contributed by atoms with E-state index in [0.717, 1.165) is 36.8 Å². The Morgan fingerprint density at radius 1 is 1.19 bits per heavy atom. The lowest BCUT2D eigenvalue weighted by Gasteiger charge is -2.38. The standard InChI is InChI=1S/C22H24ClFN6O/c1-13-8-20(26-12-25-13)30-10-14-6-7-15(11-30)16(14)9-19-27-22(29(2)28-19)31-18-5-3-4-17(23)21(18)24/h3-5,8,12,14-16H,6-7,9-11H2,1-2H3/t14-,15+,16?. The Bertz CT molecular complexity index is 1090. The SMILES string of the molecule is Cc1cc(N2C[C@H]3CC[C@@H](C2)C3Cc2nc(Oc3cccc(Cl)c3F)n(C)n2)ncn1. The second kappa shape index (κ2) is 8.07. The van der Waals surface area contributed by atoms with Gasteiger partial charge < -0.3 is 9.64 Å². The van der Waals surface area contributed by atoms with Gasteiger partial charge in [-0.1, -0.05) is 17.7 Å². The van der Waals surface area contributed by atoms with Crippen LogP contribution in [0.1, 0.15) is 24.4 Å². The van der Waals surface area contributed by atoms with E-state index in [1.54, 1.807) is 24.1 Å². The molecule has 0 amide bonds. The highest BCUT2D eigenvalue weighted by molar-refractivity contribution is 6.30. The summed E-state index contributed by atoms with van der Waals surface area (Å²) in [4.78, 5) is 15.6. The average molecular weight is 443 g/mol. The number of aryl methyl sites for hydroxylation is 2. The first-order valence-corrected chi connectivity index (χ1v) is 10.9. The summed E-state index contributed by atoms with van der Waals surface area (Å²) in [7, 11) is 1.75. The molecule has 1 aliphatic carbocycles. The number of hydrogen-bond acceptors (Lipinski definition) is 6. The topological polar surface area (TPSA) is 69.0 Å².